The van der Waals surface area contributed by atoms with Crippen molar-refractivity contribution in [3.05, 3.63) is 18.2 Å². The van der Waals surface area contributed by atoms with E-state index in [2.05, 4.69) is 50.8 Å². The maximum absolute atomic E-state index is 9.79. The summed E-state index contributed by atoms with van der Waals surface area (Å²) in [6.07, 6.45) is 3.74. The van der Waals surface area contributed by atoms with Crippen LogP contribution in [0.4, 0.5) is 5.69 Å². The summed E-state index contributed by atoms with van der Waals surface area (Å²) in [6, 6.07) is 6.80. The van der Waals surface area contributed by atoms with Crippen LogP contribution in [0.15, 0.2) is 18.2 Å². The van der Waals surface area contributed by atoms with E-state index in [1.165, 1.54) is 0 Å². The van der Waals surface area contributed by atoms with Crippen molar-refractivity contribution in [2.24, 2.45) is 0 Å². The monoisotopic (exact) mass is 359 g/mol. The van der Waals surface area contributed by atoms with Crippen LogP contribution in [0.5, 0.6) is 5.75 Å². The Hall–Kier alpha value is -1.24. The van der Waals surface area contributed by atoms with E-state index in [-0.39, 0.29) is 24.4 Å². The second-order valence-electron chi connectivity index (χ2n) is 8.82. The molecule has 1 saturated carbocycles. The molecule has 4 rings (SSSR count). The summed E-state index contributed by atoms with van der Waals surface area (Å²) in [7, 11) is -0.367. The lowest BCUT2D eigenvalue weighted by atomic mass is 9.78. The molecule has 0 unspecified atom stereocenters. The highest BCUT2D eigenvalue weighted by Crippen LogP contribution is 2.39. The quantitative estimate of drug-likeness (QED) is 0.823. The van der Waals surface area contributed by atoms with E-state index < -0.39 is 0 Å². The Labute approximate surface area is 156 Å². The molecule has 0 amide bonds. The first-order chi connectivity index (χ1) is 12.3. The topological polar surface area (TPSA) is 51.2 Å². The van der Waals surface area contributed by atoms with E-state index >= 15 is 0 Å². The summed E-state index contributed by atoms with van der Waals surface area (Å²) in [4.78, 5) is 2.46. The third-order valence-corrected chi connectivity index (χ3v) is 6.52. The standard InChI is InChI=1S/C20H30BNO4/c1-19(2)20(3,4)26-21(25-19)14-5-10-17-18(13-14)24-12-11-22(17)15-6-8-16(23)9-7-15/h5,10,13,15-16,23H,6-9,11-12H2,1-4H3. The molecule has 0 bridgehead atoms. The van der Waals surface area contributed by atoms with Crippen molar-refractivity contribution < 1.29 is 19.2 Å². The van der Waals surface area contributed by atoms with Gasteiger partial charge in [0.2, 0.25) is 0 Å². The number of anilines is 1. The number of hydrogen-bond acceptors (Lipinski definition) is 5. The summed E-state index contributed by atoms with van der Waals surface area (Å²) >= 11 is 0. The second kappa shape index (κ2) is 6.43. The summed E-state index contributed by atoms with van der Waals surface area (Å²) in [5.41, 5.74) is 1.47. The Morgan fingerprint density at radius 2 is 1.69 bits per heavy atom. The molecule has 2 heterocycles. The SMILES string of the molecule is CC1(C)OB(c2ccc3c(c2)OCCN3C2CCC(O)CC2)OC1(C)C. The summed E-state index contributed by atoms with van der Waals surface area (Å²) < 4.78 is 18.3. The van der Waals surface area contributed by atoms with E-state index in [1.54, 1.807) is 0 Å². The molecule has 0 radical (unpaired) electrons. The molecule has 26 heavy (non-hydrogen) atoms. The molecule has 2 fully saturated rings. The van der Waals surface area contributed by atoms with Crippen LogP contribution in [0.25, 0.3) is 0 Å². The Bertz CT molecular complexity index is 654. The smallest absolute Gasteiger partial charge is 0.490 e. The van der Waals surface area contributed by atoms with E-state index in [0.29, 0.717) is 12.6 Å². The van der Waals surface area contributed by atoms with Crippen molar-refractivity contribution in [3.8, 4) is 5.75 Å². The number of hydrogen-bond donors (Lipinski definition) is 1. The van der Waals surface area contributed by atoms with Gasteiger partial charge in [0.15, 0.2) is 0 Å². The molecular formula is C20H30BNO4. The minimum atomic E-state index is -0.367. The fraction of sp³-hybridized carbons (Fsp3) is 0.700. The Morgan fingerprint density at radius 3 is 2.35 bits per heavy atom. The number of benzene rings is 1. The van der Waals surface area contributed by atoms with Crippen LogP contribution in [0.1, 0.15) is 53.4 Å². The molecule has 1 saturated heterocycles. The van der Waals surface area contributed by atoms with Gasteiger partial charge in [0.05, 0.1) is 29.5 Å². The van der Waals surface area contributed by atoms with Crippen molar-refractivity contribution in [2.75, 3.05) is 18.1 Å². The molecule has 3 aliphatic rings. The van der Waals surface area contributed by atoms with Crippen LogP contribution < -0.4 is 15.1 Å². The van der Waals surface area contributed by atoms with Crippen molar-refractivity contribution >= 4 is 18.3 Å². The van der Waals surface area contributed by atoms with Gasteiger partial charge in [0, 0.05) is 6.04 Å². The molecular weight excluding hydrogens is 329 g/mol. The molecule has 0 atom stereocenters. The van der Waals surface area contributed by atoms with Crippen molar-refractivity contribution in [2.45, 2.75) is 76.7 Å². The highest BCUT2D eigenvalue weighted by atomic mass is 16.7. The summed E-state index contributed by atoms with van der Waals surface area (Å²) in [5, 5.41) is 9.79. The Morgan fingerprint density at radius 1 is 1.04 bits per heavy atom. The predicted molar refractivity (Wildman–Crippen MR) is 103 cm³/mol. The molecule has 1 aliphatic carbocycles. The number of fused-ring (bicyclic) bond motifs is 1. The molecule has 0 aromatic heterocycles. The van der Waals surface area contributed by atoms with Crippen LogP contribution >= 0.6 is 0 Å². The van der Waals surface area contributed by atoms with Gasteiger partial charge >= 0.3 is 7.12 Å². The fourth-order valence-electron chi connectivity index (χ4n) is 4.13. The van der Waals surface area contributed by atoms with Gasteiger partial charge in [-0.05, 0) is 71.0 Å². The highest BCUT2D eigenvalue weighted by Gasteiger charge is 2.51. The number of rotatable bonds is 2. The average Bonchev–Trinajstić information content (AvgIpc) is 2.82. The normalized spacial score (nSPS) is 30.0. The van der Waals surface area contributed by atoms with E-state index in [4.69, 9.17) is 14.0 Å². The minimum Gasteiger partial charge on any atom is -0.490 e. The van der Waals surface area contributed by atoms with Gasteiger partial charge in [-0.3, -0.25) is 0 Å². The number of nitrogens with zero attached hydrogens (tertiary/aromatic N) is 1. The molecule has 142 valence electrons. The van der Waals surface area contributed by atoms with E-state index in [1.807, 2.05) is 0 Å². The molecule has 6 heteroatoms. The Balaban J connectivity index is 1.56. The van der Waals surface area contributed by atoms with Gasteiger partial charge < -0.3 is 24.1 Å². The van der Waals surface area contributed by atoms with Gasteiger partial charge in [-0.2, -0.15) is 0 Å². The fourth-order valence-corrected chi connectivity index (χ4v) is 4.13. The minimum absolute atomic E-state index is 0.127. The predicted octanol–water partition coefficient (Wildman–Crippen LogP) is 2.49. The van der Waals surface area contributed by atoms with Gasteiger partial charge in [-0.1, -0.05) is 6.07 Å². The van der Waals surface area contributed by atoms with Gasteiger partial charge in [-0.25, -0.2) is 0 Å². The van der Waals surface area contributed by atoms with Gasteiger partial charge in [0.25, 0.3) is 0 Å². The third kappa shape index (κ3) is 3.12. The first-order valence-corrected chi connectivity index (χ1v) is 9.84. The lowest BCUT2D eigenvalue weighted by Crippen LogP contribution is -2.44. The maximum Gasteiger partial charge on any atom is 0.494 e. The lowest BCUT2D eigenvalue weighted by molar-refractivity contribution is 0.00578. The molecule has 1 aromatic carbocycles. The zero-order valence-corrected chi connectivity index (χ0v) is 16.3. The van der Waals surface area contributed by atoms with Crippen molar-refractivity contribution in [1.82, 2.24) is 0 Å². The summed E-state index contributed by atoms with van der Waals surface area (Å²) in [5.74, 6) is 0.912. The van der Waals surface area contributed by atoms with Crippen LogP contribution in [-0.4, -0.2) is 48.7 Å². The van der Waals surface area contributed by atoms with E-state index in [0.717, 1.165) is 49.1 Å². The van der Waals surface area contributed by atoms with E-state index in [9.17, 15) is 5.11 Å². The van der Waals surface area contributed by atoms with Crippen LogP contribution in [0.3, 0.4) is 0 Å². The van der Waals surface area contributed by atoms with Crippen molar-refractivity contribution in [1.29, 1.82) is 0 Å². The third-order valence-electron chi connectivity index (χ3n) is 6.52. The second-order valence-corrected chi connectivity index (χ2v) is 8.82. The van der Waals surface area contributed by atoms with Crippen LogP contribution in [-0.2, 0) is 9.31 Å². The first-order valence-electron chi connectivity index (χ1n) is 9.84. The highest BCUT2D eigenvalue weighted by molar-refractivity contribution is 6.62. The van der Waals surface area contributed by atoms with Crippen molar-refractivity contribution in [3.63, 3.8) is 0 Å². The number of aliphatic hydroxyl groups is 1. The van der Waals surface area contributed by atoms with Crippen LogP contribution in [0.2, 0.25) is 0 Å². The number of ether oxygens (including phenoxy) is 1. The Kier molecular flexibility index (Phi) is 4.49. The maximum atomic E-state index is 9.79. The zero-order valence-electron chi connectivity index (χ0n) is 16.3. The van der Waals surface area contributed by atoms with Crippen LogP contribution in [0, 0.1) is 0 Å². The summed E-state index contributed by atoms with van der Waals surface area (Å²) in [6.45, 7) is 9.88. The molecule has 1 aromatic rings. The molecule has 1 N–H and O–H groups in total. The van der Waals surface area contributed by atoms with Gasteiger partial charge in [0.1, 0.15) is 12.4 Å². The largest absolute Gasteiger partial charge is 0.494 e. The first kappa shape index (κ1) is 18.1. The average molecular weight is 359 g/mol. The number of aliphatic hydroxyl groups excluding tert-OH is 1. The van der Waals surface area contributed by atoms with Gasteiger partial charge in [-0.15, -0.1) is 0 Å². The molecule has 2 aliphatic heterocycles. The molecule has 0 spiro atoms. The molecule has 5 nitrogen and oxygen atoms in total. The lowest BCUT2D eigenvalue weighted by Gasteiger charge is -2.40. The zero-order chi connectivity index (χ0) is 18.5.